The van der Waals surface area contributed by atoms with Crippen molar-refractivity contribution in [3.8, 4) is 0 Å². The van der Waals surface area contributed by atoms with Gasteiger partial charge in [0.05, 0.1) is 16.9 Å². The Hall–Kier alpha value is -4.69. The number of likely N-dealkylation sites (N-methyl/N-ethyl adjacent to an activating group) is 1. The number of amides is 2. The Kier molecular flexibility index (Phi) is 9.06. The Balaban J connectivity index is 1.30. The zero-order chi connectivity index (χ0) is 33.3. The number of nitrogens with one attached hydrogen (secondary N) is 3. The highest BCUT2D eigenvalue weighted by Gasteiger charge is 2.51. The summed E-state index contributed by atoms with van der Waals surface area (Å²) in [6.07, 6.45) is 1.28. The van der Waals surface area contributed by atoms with Crippen molar-refractivity contribution in [1.29, 1.82) is 0 Å². The molecular weight excluding hydrogens is 623 g/mol. The van der Waals surface area contributed by atoms with Crippen LogP contribution < -0.4 is 20.7 Å². The van der Waals surface area contributed by atoms with Crippen LogP contribution in [-0.2, 0) is 9.53 Å². The minimum atomic E-state index is -4.03. The molecule has 47 heavy (non-hydrogen) atoms. The highest BCUT2D eigenvalue weighted by atomic mass is 19.3. The number of H-pyrrole nitrogens is 1. The fourth-order valence-electron chi connectivity index (χ4n) is 5.89. The van der Waals surface area contributed by atoms with E-state index in [0.717, 1.165) is 18.2 Å². The van der Waals surface area contributed by atoms with E-state index in [1.807, 2.05) is 11.9 Å². The number of carbonyl (C=O) groups is 2. The molecule has 3 N–H and O–H groups in total. The van der Waals surface area contributed by atoms with Gasteiger partial charge in [-0.2, -0.15) is 8.78 Å². The highest BCUT2D eigenvalue weighted by Crippen LogP contribution is 2.38. The Morgan fingerprint density at radius 1 is 0.936 bits per heavy atom. The van der Waals surface area contributed by atoms with Gasteiger partial charge < -0.3 is 30.2 Å². The van der Waals surface area contributed by atoms with Crippen LogP contribution in [0.3, 0.4) is 0 Å². The monoisotopic (exact) mass is 656 g/mol. The van der Waals surface area contributed by atoms with Crippen LogP contribution in [0.5, 0.6) is 0 Å². The van der Waals surface area contributed by atoms with Crippen molar-refractivity contribution in [2.75, 3.05) is 67.1 Å². The molecule has 3 aromatic carbocycles. The molecule has 4 aromatic rings. The number of hydrogen-bond acceptors (Lipinski definition) is 6. The molecule has 248 valence electrons. The van der Waals surface area contributed by atoms with Gasteiger partial charge in [-0.1, -0.05) is 4.48 Å². The quantitative estimate of drug-likeness (QED) is 0.149. The summed E-state index contributed by atoms with van der Waals surface area (Å²) < 4.78 is 79.2. The molecular formula is C33H33F5N6O3. The van der Waals surface area contributed by atoms with Crippen molar-refractivity contribution in [2.24, 2.45) is 5.92 Å². The van der Waals surface area contributed by atoms with E-state index in [1.54, 1.807) is 24.3 Å². The van der Waals surface area contributed by atoms with Gasteiger partial charge in [-0.3, -0.25) is 9.59 Å². The molecule has 2 aliphatic heterocycles. The second kappa shape index (κ2) is 13.2. The van der Waals surface area contributed by atoms with Crippen LogP contribution in [0.2, 0.25) is 0 Å². The normalized spacial score (nSPS) is 16.3. The minimum Gasteiger partial charge on any atom is -0.381 e. The molecule has 2 fully saturated rings. The largest absolute Gasteiger partial charge is 0.381 e. The number of rotatable bonds is 8. The van der Waals surface area contributed by atoms with E-state index in [1.165, 1.54) is 18.3 Å². The Morgan fingerprint density at radius 2 is 1.64 bits per heavy atom. The fourth-order valence-corrected chi connectivity index (χ4v) is 5.89. The lowest BCUT2D eigenvalue weighted by Crippen LogP contribution is -2.47. The van der Waals surface area contributed by atoms with E-state index in [0.29, 0.717) is 48.5 Å². The third kappa shape index (κ3) is 6.88. The summed E-state index contributed by atoms with van der Waals surface area (Å²) in [5.74, 6) is -9.85. The number of halogens is 5. The molecule has 3 heterocycles. The van der Waals surface area contributed by atoms with Crippen LogP contribution in [0.4, 0.5) is 50.5 Å². The summed E-state index contributed by atoms with van der Waals surface area (Å²) >= 11 is 0. The van der Waals surface area contributed by atoms with Gasteiger partial charge in [0.25, 0.3) is 5.91 Å². The van der Waals surface area contributed by atoms with Crippen LogP contribution in [0.15, 0.2) is 60.8 Å². The van der Waals surface area contributed by atoms with Crippen molar-refractivity contribution in [2.45, 2.75) is 18.8 Å². The number of benzene rings is 3. The van der Waals surface area contributed by atoms with Crippen molar-refractivity contribution >= 4 is 51.2 Å². The number of nitrogens with zero attached hydrogens (tertiary/aromatic N) is 3. The summed E-state index contributed by atoms with van der Waals surface area (Å²) in [6, 6.07) is 12.1. The Labute approximate surface area is 267 Å². The first-order valence-electron chi connectivity index (χ1n) is 15.2. The van der Waals surface area contributed by atoms with Crippen LogP contribution in [0.25, 0.3) is 10.9 Å². The maximum absolute atomic E-state index is 16.0. The summed E-state index contributed by atoms with van der Waals surface area (Å²) in [6.45, 7) is 2.65. The molecule has 2 amide bonds. The fraction of sp³-hybridized carbons (Fsp3) is 0.333. The number of hydrogen-bond donors (Lipinski definition) is 3. The van der Waals surface area contributed by atoms with Crippen molar-refractivity contribution in [3.05, 3.63) is 78.0 Å². The van der Waals surface area contributed by atoms with E-state index < -0.39 is 46.1 Å². The second-order valence-corrected chi connectivity index (χ2v) is 11.8. The number of aromatic amines is 1. The second-order valence-electron chi connectivity index (χ2n) is 11.8. The topological polar surface area (TPSA) is 92.9 Å². The summed E-state index contributed by atoms with van der Waals surface area (Å²) in [7, 11) is 1.96. The zero-order valence-electron chi connectivity index (χ0n) is 25.5. The smallest absolute Gasteiger partial charge is 0.330 e. The van der Waals surface area contributed by atoms with E-state index >= 15 is 13.3 Å². The number of aromatic nitrogens is 1. The van der Waals surface area contributed by atoms with E-state index in [9.17, 15) is 18.4 Å². The molecule has 0 spiro atoms. The Morgan fingerprint density at radius 3 is 2.34 bits per heavy atom. The number of alkyl halides is 2. The van der Waals surface area contributed by atoms with Crippen molar-refractivity contribution < 1.29 is 36.4 Å². The molecule has 9 nitrogen and oxygen atoms in total. The third-order valence-electron chi connectivity index (χ3n) is 8.58. The summed E-state index contributed by atoms with van der Waals surface area (Å²) in [4.78, 5) is 33.8. The lowest BCUT2D eigenvalue weighted by Gasteiger charge is -2.35. The lowest BCUT2D eigenvalue weighted by molar-refractivity contribution is -0.159. The van der Waals surface area contributed by atoms with E-state index in [4.69, 9.17) is 4.74 Å². The molecule has 14 heteroatoms. The SMILES string of the molecule is CN1CCN(c2ccc(C(=O)Nc3c[nH]c4ccc(Nc5cc(F)cc(F)c5)cc34)c(N(F)C(=O)C(F)(F)C3CCOCC3)c2)CC1. The third-order valence-corrected chi connectivity index (χ3v) is 8.58. The molecule has 0 saturated carbocycles. The van der Waals surface area contributed by atoms with Crippen LogP contribution in [-0.4, -0.2) is 74.1 Å². The minimum absolute atomic E-state index is 0.0351. The van der Waals surface area contributed by atoms with Gasteiger partial charge in [0.2, 0.25) is 0 Å². The van der Waals surface area contributed by atoms with Crippen LogP contribution >= 0.6 is 0 Å². The zero-order valence-corrected chi connectivity index (χ0v) is 25.5. The van der Waals surface area contributed by atoms with E-state index in [-0.39, 0.29) is 43.0 Å². The molecule has 0 unspecified atom stereocenters. The molecule has 0 atom stereocenters. The standard InChI is InChI=1S/C33H33F5N6O3/c1-42-8-10-43(11-9-42)25-3-4-26(30(18-25)44(38)32(46)33(36,37)20-6-12-47-13-7-20)31(45)41-29-19-39-28-5-2-23(17-27(28)29)40-24-15-21(34)14-22(35)16-24/h2-5,14-20,39-40H,6-13H2,1H3,(H,41,45). The average molecular weight is 657 g/mol. The maximum Gasteiger partial charge on any atom is 0.330 e. The predicted molar refractivity (Wildman–Crippen MR) is 169 cm³/mol. The molecule has 2 saturated heterocycles. The van der Waals surface area contributed by atoms with Crippen molar-refractivity contribution in [1.82, 2.24) is 9.88 Å². The lowest BCUT2D eigenvalue weighted by atomic mass is 9.92. The van der Waals surface area contributed by atoms with Gasteiger partial charge in [0.1, 0.15) is 11.6 Å². The molecule has 0 radical (unpaired) electrons. The Bertz CT molecular complexity index is 1770. The summed E-state index contributed by atoms with van der Waals surface area (Å²) in [5.41, 5.74) is 1.01. The highest BCUT2D eigenvalue weighted by molar-refractivity contribution is 6.14. The first-order valence-corrected chi connectivity index (χ1v) is 15.2. The van der Waals surface area contributed by atoms with Crippen LogP contribution in [0, 0.1) is 17.6 Å². The maximum atomic E-state index is 16.0. The summed E-state index contributed by atoms with van der Waals surface area (Å²) in [5, 5.41) is 5.48. The van der Waals surface area contributed by atoms with Gasteiger partial charge in [0.15, 0.2) is 0 Å². The van der Waals surface area contributed by atoms with Crippen LogP contribution in [0.1, 0.15) is 23.2 Å². The number of ether oxygens (including phenoxy) is 1. The first-order chi connectivity index (χ1) is 22.5. The molecule has 2 aliphatic rings. The number of piperazine rings is 1. The molecule has 0 bridgehead atoms. The first kappa shape index (κ1) is 32.3. The molecule has 6 rings (SSSR count). The number of carbonyl (C=O) groups excluding carboxylic acids is 2. The van der Waals surface area contributed by atoms with Gasteiger partial charge in [0, 0.05) is 85.5 Å². The van der Waals surface area contributed by atoms with Gasteiger partial charge >= 0.3 is 11.8 Å². The predicted octanol–water partition coefficient (Wildman–Crippen LogP) is 6.47. The van der Waals surface area contributed by atoms with Gasteiger partial charge in [-0.15, -0.1) is 5.12 Å². The molecule has 0 aliphatic carbocycles. The number of anilines is 5. The van der Waals surface area contributed by atoms with Crippen molar-refractivity contribution in [3.63, 3.8) is 0 Å². The number of fused-ring (bicyclic) bond motifs is 1. The van der Waals surface area contributed by atoms with Gasteiger partial charge in [-0.05, 0) is 68.4 Å². The average Bonchev–Trinajstić information content (AvgIpc) is 3.45. The van der Waals surface area contributed by atoms with Gasteiger partial charge in [-0.25, -0.2) is 8.78 Å². The molecule has 1 aromatic heterocycles. The van der Waals surface area contributed by atoms with E-state index in [2.05, 4.69) is 20.5 Å².